The van der Waals surface area contributed by atoms with Gasteiger partial charge in [-0.15, -0.1) is 0 Å². The van der Waals surface area contributed by atoms with E-state index in [9.17, 15) is 0 Å². The molecule has 0 saturated heterocycles. The van der Waals surface area contributed by atoms with Gasteiger partial charge in [0, 0.05) is 22.8 Å². The van der Waals surface area contributed by atoms with E-state index in [1.165, 1.54) is 0 Å². The maximum atomic E-state index is 5.83. The summed E-state index contributed by atoms with van der Waals surface area (Å²) >= 11 is 6.89. The summed E-state index contributed by atoms with van der Waals surface area (Å²) in [5, 5.41) is 3.12. The molecule has 0 aliphatic carbocycles. The van der Waals surface area contributed by atoms with Gasteiger partial charge in [-0.05, 0) is 59.7 Å². The Hall–Kier alpha value is -0.910. The van der Waals surface area contributed by atoms with E-state index in [0.29, 0.717) is 5.88 Å². The fourth-order valence-electron chi connectivity index (χ4n) is 1.74. The third-order valence-corrected chi connectivity index (χ3v) is 3.59. The predicted molar refractivity (Wildman–Crippen MR) is 83.7 cm³/mol. The summed E-state index contributed by atoms with van der Waals surface area (Å²) in [4.78, 5) is 4.39. The largest absolute Gasteiger partial charge is 0.438 e. The highest BCUT2D eigenvalue weighted by molar-refractivity contribution is 9.11. The standard InChI is InChI=1S/C14H14Br2N2O/c1-9-5-10(8-17-2)6-14(18-9)19-13-4-3-11(15)7-12(13)16/h3-7,17H,8H2,1-2H3. The van der Waals surface area contributed by atoms with Gasteiger partial charge in [0.2, 0.25) is 5.88 Å². The van der Waals surface area contributed by atoms with Crippen LogP contribution in [0.5, 0.6) is 11.6 Å². The average molecular weight is 386 g/mol. The molecule has 5 heteroatoms. The molecule has 0 aliphatic rings. The Labute approximate surface area is 129 Å². The topological polar surface area (TPSA) is 34.2 Å². The summed E-state index contributed by atoms with van der Waals surface area (Å²) in [5.41, 5.74) is 2.09. The predicted octanol–water partition coefficient (Wildman–Crippen LogP) is 4.43. The highest BCUT2D eigenvalue weighted by Gasteiger charge is 2.06. The second-order valence-corrected chi connectivity index (χ2v) is 5.93. The number of halogens is 2. The summed E-state index contributed by atoms with van der Waals surface area (Å²) in [7, 11) is 1.92. The van der Waals surface area contributed by atoms with Crippen LogP contribution in [0.25, 0.3) is 0 Å². The summed E-state index contributed by atoms with van der Waals surface area (Å²) < 4.78 is 7.71. The number of pyridine rings is 1. The number of ether oxygens (including phenoxy) is 1. The molecular weight excluding hydrogens is 372 g/mol. The van der Waals surface area contributed by atoms with Crippen molar-refractivity contribution < 1.29 is 4.74 Å². The van der Waals surface area contributed by atoms with Crippen molar-refractivity contribution >= 4 is 31.9 Å². The van der Waals surface area contributed by atoms with Crippen molar-refractivity contribution in [3.63, 3.8) is 0 Å². The van der Waals surface area contributed by atoms with Crippen LogP contribution in [0.4, 0.5) is 0 Å². The lowest BCUT2D eigenvalue weighted by Gasteiger charge is -2.10. The number of benzene rings is 1. The lowest BCUT2D eigenvalue weighted by Crippen LogP contribution is -2.06. The van der Waals surface area contributed by atoms with Gasteiger partial charge in [0.15, 0.2) is 0 Å². The van der Waals surface area contributed by atoms with Gasteiger partial charge in [-0.1, -0.05) is 15.9 Å². The molecule has 0 spiro atoms. The van der Waals surface area contributed by atoms with E-state index in [1.54, 1.807) is 0 Å². The van der Waals surface area contributed by atoms with Crippen molar-refractivity contribution in [2.45, 2.75) is 13.5 Å². The van der Waals surface area contributed by atoms with Crippen LogP contribution in [0, 0.1) is 6.92 Å². The minimum absolute atomic E-state index is 0.605. The Morgan fingerprint density at radius 2 is 2.00 bits per heavy atom. The molecule has 0 unspecified atom stereocenters. The summed E-state index contributed by atoms with van der Waals surface area (Å²) in [6.45, 7) is 2.75. The molecule has 1 heterocycles. The zero-order valence-corrected chi connectivity index (χ0v) is 13.9. The molecule has 2 aromatic rings. The first-order valence-electron chi connectivity index (χ1n) is 5.83. The van der Waals surface area contributed by atoms with Crippen LogP contribution < -0.4 is 10.1 Å². The molecule has 0 amide bonds. The van der Waals surface area contributed by atoms with Gasteiger partial charge >= 0.3 is 0 Å². The Morgan fingerprint density at radius 3 is 2.68 bits per heavy atom. The quantitative estimate of drug-likeness (QED) is 0.845. The van der Waals surface area contributed by atoms with E-state index in [4.69, 9.17) is 4.74 Å². The van der Waals surface area contributed by atoms with Crippen LogP contribution in [0.2, 0.25) is 0 Å². The number of hydrogen-bond donors (Lipinski definition) is 1. The molecule has 0 saturated carbocycles. The smallest absolute Gasteiger partial charge is 0.219 e. The second kappa shape index (κ2) is 6.50. The van der Waals surface area contributed by atoms with Crippen LogP contribution in [0.15, 0.2) is 39.3 Å². The Kier molecular flexibility index (Phi) is 4.96. The number of rotatable bonds is 4. The van der Waals surface area contributed by atoms with Gasteiger partial charge in [0.1, 0.15) is 5.75 Å². The molecule has 0 bridgehead atoms. The lowest BCUT2D eigenvalue weighted by atomic mass is 10.2. The van der Waals surface area contributed by atoms with E-state index < -0.39 is 0 Å². The van der Waals surface area contributed by atoms with Crippen LogP contribution in [0.1, 0.15) is 11.3 Å². The van der Waals surface area contributed by atoms with E-state index in [-0.39, 0.29) is 0 Å². The molecule has 19 heavy (non-hydrogen) atoms. The van der Waals surface area contributed by atoms with Crippen LogP contribution in [0.3, 0.4) is 0 Å². The molecule has 1 aromatic carbocycles. The summed E-state index contributed by atoms with van der Waals surface area (Å²) in [5.74, 6) is 1.35. The first-order chi connectivity index (χ1) is 9.08. The maximum absolute atomic E-state index is 5.83. The minimum Gasteiger partial charge on any atom is -0.438 e. The molecule has 3 nitrogen and oxygen atoms in total. The molecule has 0 radical (unpaired) electrons. The number of nitrogens with zero attached hydrogens (tertiary/aromatic N) is 1. The third kappa shape index (κ3) is 4.03. The maximum Gasteiger partial charge on any atom is 0.219 e. The number of aryl methyl sites for hydroxylation is 1. The highest BCUT2D eigenvalue weighted by Crippen LogP contribution is 2.31. The van der Waals surface area contributed by atoms with Crippen molar-refractivity contribution in [3.8, 4) is 11.6 Å². The van der Waals surface area contributed by atoms with Crippen molar-refractivity contribution in [1.82, 2.24) is 10.3 Å². The van der Waals surface area contributed by atoms with Crippen LogP contribution in [-0.2, 0) is 6.54 Å². The molecule has 1 N–H and O–H groups in total. The van der Waals surface area contributed by atoms with Gasteiger partial charge in [0.05, 0.1) is 4.47 Å². The van der Waals surface area contributed by atoms with Crippen molar-refractivity contribution in [3.05, 3.63) is 50.5 Å². The zero-order valence-electron chi connectivity index (χ0n) is 10.7. The molecule has 1 aromatic heterocycles. The minimum atomic E-state index is 0.605. The van der Waals surface area contributed by atoms with Crippen molar-refractivity contribution in [1.29, 1.82) is 0 Å². The normalized spacial score (nSPS) is 10.5. The summed E-state index contributed by atoms with van der Waals surface area (Å²) in [6, 6.07) is 9.76. The molecule has 100 valence electrons. The monoisotopic (exact) mass is 384 g/mol. The van der Waals surface area contributed by atoms with Crippen molar-refractivity contribution in [2.75, 3.05) is 7.05 Å². The van der Waals surface area contributed by atoms with Gasteiger partial charge in [-0.2, -0.15) is 0 Å². The second-order valence-electron chi connectivity index (χ2n) is 4.16. The van der Waals surface area contributed by atoms with Crippen LogP contribution in [-0.4, -0.2) is 12.0 Å². The van der Waals surface area contributed by atoms with Gasteiger partial charge < -0.3 is 10.1 Å². The number of aromatic nitrogens is 1. The molecule has 0 aliphatic heterocycles. The number of hydrogen-bond acceptors (Lipinski definition) is 3. The van der Waals surface area contributed by atoms with Gasteiger partial charge in [0.25, 0.3) is 0 Å². The Morgan fingerprint density at radius 1 is 1.21 bits per heavy atom. The van der Waals surface area contributed by atoms with Gasteiger partial charge in [-0.25, -0.2) is 4.98 Å². The Balaban J connectivity index is 2.27. The fourth-order valence-corrected chi connectivity index (χ4v) is 2.86. The zero-order chi connectivity index (χ0) is 13.8. The first kappa shape index (κ1) is 14.5. The third-order valence-electron chi connectivity index (χ3n) is 2.48. The van der Waals surface area contributed by atoms with Gasteiger partial charge in [-0.3, -0.25) is 0 Å². The molecule has 0 atom stereocenters. The van der Waals surface area contributed by atoms with E-state index in [0.717, 1.165) is 32.5 Å². The van der Waals surface area contributed by atoms with Crippen molar-refractivity contribution in [2.24, 2.45) is 0 Å². The number of nitrogens with one attached hydrogen (secondary N) is 1. The lowest BCUT2D eigenvalue weighted by molar-refractivity contribution is 0.457. The molecular formula is C14H14Br2N2O. The molecule has 2 rings (SSSR count). The first-order valence-corrected chi connectivity index (χ1v) is 7.42. The average Bonchev–Trinajstić information content (AvgIpc) is 2.32. The Bertz CT molecular complexity index is 588. The highest BCUT2D eigenvalue weighted by atomic mass is 79.9. The van der Waals surface area contributed by atoms with E-state index in [1.807, 2.05) is 44.3 Å². The van der Waals surface area contributed by atoms with E-state index in [2.05, 4.69) is 42.2 Å². The SMILES string of the molecule is CNCc1cc(C)nc(Oc2ccc(Br)cc2Br)c1. The van der Waals surface area contributed by atoms with Crippen LogP contribution >= 0.6 is 31.9 Å². The summed E-state index contributed by atoms with van der Waals surface area (Å²) in [6.07, 6.45) is 0. The van der Waals surface area contributed by atoms with E-state index >= 15 is 0 Å². The fraction of sp³-hybridized carbons (Fsp3) is 0.214. The molecule has 0 fully saturated rings.